The fourth-order valence-corrected chi connectivity index (χ4v) is 3.12. The number of hydrogen-bond donors (Lipinski definition) is 2. The van der Waals surface area contributed by atoms with Crippen LogP contribution in [0.2, 0.25) is 0 Å². The minimum atomic E-state index is 0.246. The molecule has 10 heteroatoms. The topological polar surface area (TPSA) is 137 Å². The number of aryl methyl sites for hydroxylation is 1. The predicted octanol–water partition coefficient (Wildman–Crippen LogP) is 2.36. The van der Waals surface area contributed by atoms with Crippen molar-refractivity contribution in [1.82, 2.24) is 45.4 Å². The SMILES string of the molecule is Cn1nnnc1-c1ccc(C=Cc2n[nH]c3cc(-c4ccnc(N)n4)ccc23)cn1. The van der Waals surface area contributed by atoms with E-state index < -0.39 is 0 Å². The first-order valence-corrected chi connectivity index (χ1v) is 9.11. The van der Waals surface area contributed by atoms with Gasteiger partial charge in [0.1, 0.15) is 5.69 Å². The lowest BCUT2D eigenvalue weighted by Gasteiger charge is -2.01. The summed E-state index contributed by atoms with van der Waals surface area (Å²) in [6, 6.07) is 11.7. The third kappa shape index (κ3) is 3.26. The first-order valence-electron chi connectivity index (χ1n) is 9.11. The van der Waals surface area contributed by atoms with Gasteiger partial charge in [-0.1, -0.05) is 18.2 Å². The molecule has 1 aromatic carbocycles. The van der Waals surface area contributed by atoms with Crippen molar-refractivity contribution in [2.24, 2.45) is 7.05 Å². The molecule has 0 aliphatic carbocycles. The van der Waals surface area contributed by atoms with Gasteiger partial charge in [0.25, 0.3) is 0 Å². The van der Waals surface area contributed by atoms with Crippen molar-refractivity contribution in [2.75, 3.05) is 5.73 Å². The molecule has 5 rings (SSSR count). The number of hydrogen-bond acceptors (Lipinski definition) is 8. The second-order valence-corrected chi connectivity index (χ2v) is 6.61. The highest BCUT2D eigenvalue weighted by molar-refractivity contribution is 5.91. The van der Waals surface area contributed by atoms with Gasteiger partial charge in [0.15, 0.2) is 5.82 Å². The highest BCUT2D eigenvalue weighted by Gasteiger charge is 2.08. The van der Waals surface area contributed by atoms with Crippen molar-refractivity contribution in [2.45, 2.75) is 0 Å². The molecule has 0 radical (unpaired) electrons. The van der Waals surface area contributed by atoms with E-state index >= 15 is 0 Å². The molecule has 146 valence electrons. The lowest BCUT2D eigenvalue weighted by Crippen LogP contribution is -1.96. The zero-order valence-corrected chi connectivity index (χ0v) is 15.9. The normalized spacial score (nSPS) is 11.5. The third-order valence-electron chi connectivity index (χ3n) is 4.63. The predicted molar refractivity (Wildman–Crippen MR) is 112 cm³/mol. The second kappa shape index (κ2) is 7.17. The molecular formula is C20H16N10. The van der Waals surface area contributed by atoms with E-state index in [1.807, 2.05) is 48.6 Å². The van der Waals surface area contributed by atoms with E-state index in [1.54, 1.807) is 24.1 Å². The molecule has 0 fully saturated rings. The molecule has 0 unspecified atom stereocenters. The Morgan fingerprint density at radius 1 is 1.03 bits per heavy atom. The van der Waals surface area contributed by atoms with E-state index in [1.165, 1.54) is 0 Å². The molecule has 4 heterocycles. The number of nitrogens with one attached hydrogen (secondary N) is 1. The first-order chi connectivity index (χ1) is 14.7. The molecule has 0 bridgehead atoms. The molecule has 0 atom stereocenters. The Morgan fingerprint density at radius 3 is 2.73 bits per heavy atom. The van der Waals surface area contributed by atoms with Crippen molar-refractivity contribution in [3.05, 3.63) is 60.0 Å². The number of nitrogens with zero attached hydrogens (tertiary/aromatic N) is 8. The summed E-state index contributed by atoms with van der Waals surface area (Å²) < 4.78 is 1.58. The van der Waals surface area contributed by atoms with Crippen LogP contribution >= 0.6 is 0 Å². The number of benzene rings is 1. The number of aromatic nitrogens is 9. The molecule has 5 aromatic rings. The highest BCUT2D eigenvalue weighted by Crippen LogP contribution is 2.25. The van der Waals surface area contributed by atoms with Crippen LogP contribution in [0.3, 0.4) is 0 Å². The number of anilines is 1. The van der Waals surface area contributed by atoms with Gasteiger partial charge in [-0.15, -0.1) is 5.10 Å². The molecule has 0 amide bonds. The van der Waals surface area contributed by atoms with Crippen LogP contribution in [0, 0.1) is 0 Å². The van der Waals surface area contributed by atoms with Crippen molar-refractivity contribution < 1.29 is 0 Å². The van der Waals surface area contributed by atoms with Gasteiger partial charge in [0.2, 0.25) is 5.95 Å². The minimum absolute atomic E-state index is 0.246. The molecule has 0 saturated heterocycles. The van der Waals surface area contributed by atoms with Gasteiger partial charge in [-0.3, -0.25) is 10.1 Å². The number of aromatic amines is 1. The lowest BCUT2D eigenvalue weighted by atomic mass is 10.1. The molecule has 0 saturated carbocycles. The van der Waals surface area contributed by atoms with Gasteiger partial charge in [-0.2, -0.15) is 5.10 Å². The van der Waals surface area contributed by atoms with Gasteiger partial charge in [-0.05, 0) is 46.3 Å². The molecule has 10 nitrogen and oxygen atoms in total. The average molecular weight is 396 g/mol. The van der Waals surface area contributed by atoms with Gasteiger partial charge in [0, 0.05) is 30.4 Å². The standard InChI is InChI=1S/C20H16N10/c1-30-19(27-28-29-30)17-7-3-12(11-23-17)2-6-16-14-5-4-13(10-18(14)26-25-16)15-8-9-22-20(21)24-15/h2-11H,1H3,(H,25,26)(H2,21,22,24). The summed E-state index contributed by atoms with van der Waals surface area (Å²) in [6.07, 6.45) is 7.32. The molecule has 30 heavy (non-hydrogen) atoms. The van der Waals surface area contributed by atoms with Gasteiger partial charge in [0.05, 0.1) is 16.9 Å². The fourth-order valence-electron chi connectivity index (χ4n) is 3.12. The molecule has 0 aliphatic heterocycles. The quantitative estimate of drug-likeness (QED) is 0.472. The summed E-state index contributed by atoms with van der Waals surface area (Å²) in [7, 11) is 1.78. The van der Waals surface area contributed by atoms with E-state index in [0.717, 1.165) is 33.4 Å². The number of tetrazole rings is 1. The molecular weight excluding hydrogens is 380 g/mol. The molecule has 3 N–H and O–H groups in total. The van der Waals surface area contributed by atoms with Crippen LogP contribution in [0.5, 0.6) is 0 Å². The van der Waals surface area contributed by atoms with Crippen molar-refractivity contribution in [1.29, 1.82) is 0 Å². The van der Waals surface area contributed by atoms with Crippen molar-refractivity contribution in [3.63, 3.8) is 0 Å². The molecule has 0 aliphatic rings. The van der Waals surface area contributed by atoms with Gasteiger partial charge < -0.3 is 5.73 Å². The summed E-state index contributed by atoms with van der Waals surface area (Å²) in [4.78, 5) is 12.6. The maximum atomic E-state index is 5.68. The van der Waals surface area contributed by atoms with Gasteiger partial charge >= 0.3 is 0 Å². The zero-order chi connectivity index (χ0) is 20.5. The largest absolute Gasteiger partial charge is 0.368 e. The number of nitrogen functional groups attached to an aromatic ring is 1. The van der Waals surface area contributed by atoms with E-state index in [4.69, 9.17) is 5.73 Å². The highest BCUT2D eigenvalue weighted by atomic mass is 15.5. The van der Waals surface area contributed by atoms with E-state index in [2.05, 4.69) is 40.7 Å². The summed E-state index contributed by atoms with van der Waals surface area (Å²) in [5, 5.41) is 19.9. The smallest absolute Gasteiger partial charge is 0.220 e. The molecule has 0 spiro atoms. The van der Waals surface area contributed by atoms with Gasteiger partial charge in [-0.25, -0.2) is 14.6 Å². The Bertz CT molecular complexity index is 1360. The Morgan fingerprint density at radius 2 is 1.97 bits per heavy atom. The Kier molecular flexibility index (Phi) is 4.21. The van der Waals surface area contributed by atoms with Crippen LogP contribution in [0.1, 0.15) is 11.3 Å². The monoisotopic (exact) mass is 396 g/mol. The molecule has 4 aromatic heterocycles. The number of pyridine rings is 1. The summed E-state index contributed by atoms with van der Waals surface area (Å²) in [6.45, 7) is 0. The van der Waals surface area contributed by atoms with Crippen LogP contribution in [-0.4, -0.2) is 45.4 Å². The van der Waals surface area contributed by atoms with Crippen LogP contribution in [-0.2, 0) is 7.05 Å². The van der Waals surface area contributed by atoms with E-state index in [9.17, 15) is 0 Å². The first kappa shape index (κ1) is 17.6. The fraction of sp³-hybridized carbons (Fsp3) is 0.0500. The summed E-state index contributed by atoms with van der Waals surface area (Å²) in [5.74, 6) is 0.862. The summed E-state index contributed by atoms with van der Waals surface area (Å²) in [5.41, 5.74) is 10.8. The van der Waals surface area contributed by atoms with Crippen LogP contribution in [0.4, 0.5) is 5.95 Å². The lowest BCUT2D eigenvalue weighted by molar-refractivity contribution is 0.713. The zero-order valence-electron chi connectivity index (χ0n) is 15.9. The van der Waals surface area contributed by atoms with Crippen molar-refractivity contribution in [3.8, 4) is 22.8 Å². The van der Waals surface area contributed by atoms with Crippen LogP contribution in [0.15, 0.2) is 48.8 Å². The Hall–Kier alpha value is -4.47. The Balaban J connectivity index is 1.40. The maximum Gasteiger partial charge on any atom is 0.220 e. The van der Waals surface area contributed by atoms with E-state index in [0.29, 0.717) is 11.5 Å². The number of fused-ring (bicyclic) bond motifs is 1. The number of nitrogens with two attached hydrogens (primary N) is 1. The number of H-pyrrole nitrogens is 1. The summed E-state index contributed by atoms with van der Waals surface area (Å²) >= 11 is 0. The maximum absolute atomic E-state index is 5.68. The third-order valence-corrected chi connectivity index (χ3v) is 4.63. The Labute approximate surface area is 170 Å². The minimum Gasteiger partial charge on any atom is -0.368 e. The van der Waals surface area contributed by atoms with Crippen LogP contribution < -0.4 is 5.73 Å². The average Bonchev–Trinajstić information content (AvgIpc) is 3.38. The second-order valence-electron chi connectivity index (χ2n) is 6.61. The number of rotatable bonds is 4. The van der Waals surface area contributed by atoms with Crippen molar-refractivity contribution >= 4 is 29.0 Å². The van der Waals surface area contributed by atoms with Crippen LogP contribution in [0.25, 0.3) is 45.8 Å². The van der Waals surface area contributed by atoms with E-state index in [-0.39, 0.29) is 5.95 Å².